The first-order chi connectivity index (χ1) is 13.4. The van der Waals surface area contributed by atoms with Crippen molar-refractivity contribution in [1.82, 2.24) is 4.98 Å². The van der Waals surface area contributed by atoms with Gasteiger partial charge in [-0.2, -0.15) is 18.4 Å². The summed E-state index contributed by atoms with van der Waals surface area (Å²) in [7, 11) is 0. The highest BCUT2D eigenvalue weighted by Gasteiger charge is 2.39. The highest BCUT2D eigenvalue weighted by atomic mass is 35.5. The number of alkyl halides is 3. The zero-order chi connectivity index (χ0) is 21.9. The predicted octanol–water partition coefficient (Wildman–Crippen LogP) is 4.55. The lowest BCUT2D eigenvalue weighted by molar-refractivity contribution is -0.206. The molecule has 0 saturated heterocycles. The molecule has 154 valence electrons. The Labute approximate surface area is 166 Å². The first kappa shape index (κ1) is 22.5. The molecule has 0 fully saturated rings. The number of aliphatic hydroxyl groups is 1. The topological polar surface area (TPSA) is 86.0 Å². The van der Waals surface area contributed by atoms with Crippen LogP contribution in [0.4, 0.5) is 27.6 Å². The van der Waals surface area contributed by atoms with Crippen LogP contribution in [0.5, 0.6) is 0 Å². The third-order valence-corrected chi connectivity index (χ3v) is 4.27. The molecule has 0 unspecified atom stereocenters. The Hall–Kier alpha value is -2.77. The van der Waals surface area contributed by atoms with Crippen LogP contribution in [0.3, 0.4) is 0 Å². The number of pyridine rings is 1. The van der Waals surface area contributed by atoms with Crippen LogP contribution >= 0.6 is 11.6 Å². The molecule has 2 N–H and O–H groups in total. The minimum absolute atomic E-state index is 0.0960. The number of carbonyl (C=O) groups is 1. The number of nitriles is 1. The second-order valence-corrected chi connectivity index (χ2v) is 6.58. The van der Waals surface area contributed by atoms with E-state index >= 15 is 0 Å². The van der Waals surface area contributed by atoms with Gasteiger partial charge in [0.25, 0.3) is 5.91 Å². The summed E-state index contributed by atoms with van der Waals surface area (Å²) in [6, 6.07) is 4.55. The molecule has 0 saturated carbocycles. The van der Waals surface area contributed by atoms with E-state index in [-0.39, 0.29) is 22.0 Å². The van der Waals surface area contributed by atoms with E-state index in [1.54, 1.807) is 6.07 Å². The maximum Gasteiger partial charge on any atom is 0.414 e. The van der Waals surface area contributed by atoms with Gasteiger partial charge in [0, 0.05) is 18.0 Å². The van der Waals surface area contributed by atoms with E-state index in [1.807, 2.05) is 0 Å². The van der Waals surface area contributed by atoms with Crippen molar-refractivity contribution in [2.45, 2.75) is 31.5 Å². The van der Waals surface area contributed by atoms with Crippen LogP contribution in [0.15, 0.2) is 24.4 Å². The highest BCUT2D eigenvalue weighted by molar-refractivity contribution is 6.34. The summed E-state index contributed by atoms with van der Waals surface area (Å²) in [6.07, 6.45) is -7.45. The van der Waals surface area contributed by atoms with E-state index in [4.69, 9.17) is 22.0 Å². The second-order valence-electron chi connectivity index (χ2n) is 6.18. The first-order valence-electron chi connectivity index (χ1n) is 8.04. The van der Waals surface area contributed by atoms with Crippen LogP contribution in [0.2, 0.25) is 5.02 Å². The lowest BCUT2D eigenvalue weighted by Gasteiger charge is -2.20. The Morgan fingerprint density at radius 1 is 1.34 bits per heavy atom. The Bertz CT molecular complexity index is 975. The number of aromatic nitrogens is 1. The fourth-order valence-corrected chi connectivity index (χ4v) is 2.75. The molecule has 11 heteroatoms. The predicted molar refractivity (Wildman–Crippen MR) is 93.4 cm³/mol. The number of nitrogens with one attached hydrogen (secondary N) is 1. The summed E-state index contributed by atoms with van der Waals surface area (Å²) in [5, 5.41) is 20.0. The summed E-state index contributed by atoms with van der Waals surface area (Å²) >= 11 is 5.86. The lowest BCUT2D eigenvalue weighted by atomic mass is 9.93. The van der Waals surface area contributed by atoms with Gasteiger partial charge in [-0.3, -0.25) is 4.79 Å². The van der Waals surface area contributed by atoms with E-state index in [1.165, 1.54) is 13.0 Å². The van der Waals surface area contributed by atoms with Crippen LogP contribution in [0.25, 0.3) is 0 Å². The molecule has 2 rings (SSSR count). The van der Waals surface area contributed by atoms with E-state index in [2.05, 4.69) is 10.3 Å². The van der Waals surface area contributed by atoms with E-state index in [0.29, 0.717) is 6.07 Å². The Morgan fingerprint density at radius 3 is 2.55 bits per heavy atom. The van der Waals surface area contributed by atoms with E-state index < -0.39 is 47.7 Å². The number of nitrogens with zero attached hydrogens (tertiary/aromatic N) is 2. The molecule has 0 aliphatic rings. The van der Waals surface area contributed by atoms with Crippen LogP contribution in [0, 0.1) is 23.0 Å². The zero-order valence-corrected chi connectivity index (χ0v) is 15.4. The summed E-state index contributed by atoms with van der Waals surface area (Å²) in [6.45, 7) is 1.18. The number of anilines is 1. The van der Waals surface area contributed by atoms with E-state index in [9.17, 15) is 26.7 Å². The minimum atomic E-state index is -4.91. The molecule has 1 aromatic carbocycles. The SMILES string of the molecule is C[C@H](C[C@@H](O)C(F)(F)F)c1cc(NC(=O)c2ncc(C#N)cc2Cl)cc(F)c1F. The summed E-state index contributed by atoms with van der Waals surface area (Å²) in [5.74, 6) is -4.90. The van der Waals surface area contributed by atoms with Gasteiger partial charge in [-0.25, -0.2) is 13.8 Å². The number of hydrogen-bond acceptors (Lipinski definition) is 4. The zero-order valence-electron chi connectivity index (χ0n) is 14.7. The third kappa shape index (κ3) is 5.40. The minimum Gasteiger partial charge on any atom is -0.384 e. The van der Waals surface area contributed by atoms with Gasteiger partial charge in [-0.1, -0.05) is 18.5 Å². The molecule has 0 aliphatic heterocycles. The Balaban J connectivity index is 2.29. The van der Waals surface area contributed by atoms with Crippen LogP contribution in [-0.2, 0) is 0 Å². The molecule has 29 heavy (non-hydrogen) atoms. The van der Waals surface area contributed by atoms with Crippen LogP contribution in [0.1, 0.15) is 40.9 Å². The largest absolute Gasteiger partial charge is 0.414 e. The number of rotatable bonds is 5. The van der Waals surface area contributed by atoms with Gasteiger partial charge in [0.1, 0.15) is 17.9 Å². The highest BCUT2D eigenvalue weighted by Crippen LogP contribution is 2.32. The molecule has 2 atom stereocenters. The van der Waals surface area contributed by atoms with Gasteiger partial charge in [0.15, 0.2) is 11.6 Å². The number of halogens is 6. The second kappa shape index (κ2) is 8.71. The summed E-state index contributed by atoms with van der Waals surface area (Å²) in [5.41, 5.74) is -0.904. The molecule has 0 spiro atoms. The number of benzene rings is 1. The summed E-state index contributed by atoms with van der Waals surface area (Å²) in [4.78, 5) is 16.0. The molecule has 2 aromatic rings. The fourth-order valence-electron chi connectivity index (χ4n) is 2.49. The van der Waals surface area contributed by atoms with Crippen molar-refractivity contribution in [3.63, 3.8) is 0 Å². The van der Waals surface area contributed by atoms with Gasteiger partial charge in [-0.05, 0) is 30.0 Å². The summed E-state index contributed by atoms with van der Waals surface area (Å²) < 4.78 is 65.6. The van der Waals surface area contributed by atoms with Gasteiger partial charge < -0.3 is 10.4 Å². The first-order valence-corrected chi connectivity index (χ1v) is 8.42. The van der Waals surface area contributed by atoms with Crippen molar-refractivity contribution in [3.8, 4) is 6.07 Å². The van der Waals surface area contributed by atoms with Crippen molar-refractivity contribution in [1.29, 1.82) is 5.26 Å². The van der Waals surface area contributed by atoms with Crippen LogP contribution in [-0.4, -0.2) is 28.3 Å². The van der Waals surface area contributed by atoms with Gasteiger partial charge in [-0.15, -0.1) is 0 Å². The molecule has 0 aliphatic carbocycles. The van der Waals surface area contributed by atoms with Gasteiger partial charge in [0.2, 0.25) is 0 Å². The quantitative estimate of drug-likeness (QED) is 0.677. The standard InChI is InChI=1S/C18H13ClF5N3O2/c1-8(2-14(28)18(22,23)24)11-4-10(5-13(20)15(11)21)27-17(29)16-12(19)3-9(6-25)7-26-16/h3-5,7-8,14,28H,2H2,1H3,(H,27,29)/t8-,14-/m1/s1. The fraction of sp³-hybridized carbons (Fsp3) is 0.278. The van der Waals surface area contributed by atoms with Crippen molar-refractivity contribution in [2.24, 2.45) is 0 Å². The smallest absolute Gasteiger partial charge is 0.384 e. The number of aliphatic hydroxyl groups excluding tert-OH is 1. The maximum atomic E-state index is 14.1. The maximum absolute atomic E-state index is 14.1. The average Bonchev–Trinajstić information content (AvgIpc) is 2.63. The Kier molecular flexibility index (Phi) is 6.77. The third-order valence-electron chi connectivity index (χ3n) is 3.99. The van der Waals surface area contributed by atoms with Crippen molar-refractivity contribution in [2.75, 3.05) is 5.32 Å². The van der Waals surface area contributed by atoms with Crippen molar-refractivity contribution in [3.05, 3.63) is 57.9 Å². The monoisotopic (exact) mass is 433 g/mol. The van der Waals surface area contributed by atoms with Gasteiger partial charge >= 0.3 is 6.18 Å². The molecule has 0 bridgehead atoms. The van der Waals surface area contributed by atoms with Crippen molar-refractivity contribution < 1.29 is 31.9 Å². The molecular weight excluding hydrogens is 421 g/mol. The molecule has 0 radical (unpaired) electrons. The number of carbonyl (C=O) groups excluding carboxylic acids is 1. The molecule has 1 amide bonds. The Morgan fingerprint density at radius 2 is 2.00 bits per heavy atom. The average molecular weight is 434 g/mol. The molecule has 1 heterocycles. The molecule has 5 nitrogen and oxygen atoms in total. The number of amides is 1. The normalized spacial score (nSPS) is 13.5. The van der Waals surface area contributed by atoms with Gasteiger partial charge in [0.05, 0.1) is 10.6 Å². The lowest BCUT2D eigenvalue weighted by Crippen LogP contribution is -2.30. The van der Waals surface area contributed by atoms with E-state index in [0.717, 1.165) is 12.3 Å². The number of hydrogen-bond donors (Lipinski definition) is 2. The van der Waals surface area contributed by atoms with Crippen LogP contribution < -0.4 is 5.32 Å². The van der Waals surface area contributed by atoms with Crippen molar-refractivity contribution >= 4 is 23.2 Å². The molecule has 1 aromatic heterocycles. The molecular formula is C18H13ClF5N3O2.